The largest absolute Gasteiger partial charge is 0.472 e. The van der Waals surface area contributed by atoms with Crippen molar-refractivity contribution in [2.45, 2.75) is 84.0 Å². The van der Waals surface area contributed by atoms with Crippen molar-refractivity contribution < 1.29 is 37.6 Å². The van der Waals surface area contributed by atoms with Gasteiger partial charge in [-0.05, 0) is 22.8 Å². The fourth-order valence-electron chi connectivity index (χ4n) is 3.88. The maximum Gasteiger partial charge on any atom is 0.472 e. The number of nitrogens with one attached hydrogen (secondary N) is 1. The average Bonchev–Trinajstić information content (AvgIpc) is 3.39. The van der Waals surface area contributed by atoms with E-state index in [0.29, 0.717) is 12.1 Å². The number of carbonyl (C=O) groups excluding carboxylic acids is 1. The number of hydrogen-bond donors (Lipinski definition) is 2. The molecule has 0 saturated carbocycles. The molecule has 1 atom stereocenters. The molecule has 0 spiro atoms. The topological polar surface area (TPSA) is 176 Å². The number of anilines is 1. The Morgan fingerprint density at radius 1 is 1.03 bits per heavy atom. The second kappa shape index (κ2) is 18.6. The summed E-state index contributed by atoms with van der Waals surface area (Å²) in [6.45, 7) is 1.84. The number of esters is 1. The highest BCUT2D eigenvalue weighted by Crippen LogP contribution is 2.43. The van der Waals surface area contributed by atoms with Gasteiger partial charge >= 0.3 is 19.5 Å². The lowest BCUT2D eigenvalue weighted by molar-refractivity contribution is -0.383. The Balaban J connectivity index is 1.47. The van der Waals surface area contributed by atoms with Crippen molar-refractivity contribution in [3.8, 4) is 0 Å². The lowest BCUT2D eigenvalue weighted by Gasteiger charge is -2.13. The molecule has 39 heavy (non-hydrogen) atoms. The number of phosphoric acid groups is 1. The SMILES string of the molecule is CCCCCCCCCCCCCC(=O)OC[CH]COP(=O)(O)OCCNc1ccc([N+](=O)[O-])c2nonc12. The van der Waals surface area contributed by atoms with Crippen molar-refractivity contribution >= 4 is 36.2 Å². The summed E-state index contributed by atoms with van der Waals surface area (Å²) in [5.41, 5.74) is 0.271. The monoisotopic (exact) mass is 571 g/mol. The molecule has 0 saturated heterocycles. The maximum atomic E-state index is 12.0. The van der Waals surface area contributed by atoms with Crippen LogP contribution in [-0.4, -0.2) is 52.5 Å². The third-order valence-electron chi connectivity index (χ3n) is 5.96. The summed E-state index contributed by atoms with van der Waals surface area (Å²) >= 11 is 0. The molecular formula is C25H40N4O9P. The molecule has 219 valence electrons. The van der Waals surface area contributed by atoms with Crippen LogP contribution < -0.4 is 5.32 Å². The van der Waals surface area contributed by atoms with Gasteiger partial charge in [0, 0.05) is 25.5 Å². The van der Waals surface area contributed by atoms with Gasteiger partial charge < -0.3 is 14.9 Å². The summed E-state index contributed by atoms with van der Waals surface area (Å²) in [5.74, 6) is -0.306. The molecule has 13 nitrogen and oxygen atoms in total. The number of hydrogen-bond acceptors (Lipinski definition) is 11. The van der Waals surface area contributed by atoms with Crippen LogP contribution in [0.2, 0.25) is 0 Å². The van der Waals surface area contributed by atoms with E-state index in [-0.39, 0.29) is 49.1 Å². The highest BCUT2D eigenvalue weighted by molar-refractivity contribution is 7.47. The van der Waals surface area contributed by atoms with E-state index < -0.39 is 12.7 Å². The van der Waals surface area contributed by atoms with Crippen molar-refractivity contribution in [3.05, 3.63) is 28.7 Å². The van der Waals surface area contributed by atoms with Crippen LogP contribution in [0.1, 0.15) is 84.0 Å². The van der Waals surface area contributed by atoms with E-state index in [1.807, 2.05) is 0 Å². The normalized spacial score (nSPS) is 12.9. The number of ether oxygens (including phenoxy) is 1. The number of unbranched alkanes of at least 4 members (excludes halogenated alkanes) is 10. The third-order valence-corrected chi connectivity index (χ3v) is 6.95. The van der Waals surface area contributed by atoms with Gasteiger partial charge in [-0.3, -0.25) is 24.0 Å². The standard InChI is InChI=1S/C25H40N4O9P/c1-2-3-4-5-6-7-8-9-10-11-12-14-23(30)35-18-13-19-36-39(33,34)37-20-17-26-21-15-16-22(29(31)32)25-24(21)27-38-28-25/h13,15-16,26H,2-12,14,17-20H2,1H3,(H,33,34). The third kappa shape index (κ3) is 13.3. The number of nitro groups is 1. The Kier molecular flexibility index (Phi) is 15.6. The van der Waals surface area contributed by atoms with Gasteiger partial charge in [0.2, 0.25) is 5.52 Å². The molecular weight excluding hydrogens is 531 g/mol. The van der Waals surface area contributed by atoms with Gasteiger partial charge in [0.05, 0.1) is 30.4 Å². The summed E-state index contributed by atoms with van der Waals surface area (Å²) in [7, 11) is -4.32. The number of rotatable bonds is 23. The van der Waals surface area contributed by atoms with Crippen LogP contribution in [0, 0.1) is 16.5 Å². The molecule has 0 aliphatic carbocycles. The summed E-state index contributed by atoms with van der Waals surface area (Å²) in [6.07, 6.45) is 15.0. The van der Waals surface area contributed by atoms with Crippen LogP contribution in [0.15, 0.2) is 16.8 Å². The second-order valence-electron chi connectivity index (χ2n) is 9.13. The Morgan fingerprint density at radius 2 is 1.67 bits per heavy atom. The minimum atomic E-state index is -4.32. The van der Waals surface area contributed by atoms with E-state index in [1.165, 1.54) is 69.9 Å². The van der Waals surface area contributed by atoms with Crippen molar-refractivity contribution in [3.63, 3.8) is 0 Å². The fraction of sp³-hybridized carbons (Fsp3) is 0.680. The summed E-state index contributed by atoms with van der Waals surface area (Å²) in [6, 6.07) is 2.67. The number of carbonyl (C=O) groups is 1. The molecule has 2 aromatic rings. The number of phosphoric ester groups is 1. The van der Waals surface area contributed by atoms with E-state index in [1.54, 1.807) is 0 Å². The Bertz CT molecular complexity index is 1050. The van der Waals surface area contributed by atoms with E-state index in [9.17, 15) is 24.4 Å². The summed E-state index contributed by atoms with van der Waals surface area (Å²) in [5, 5.41) is 21.1. The van der Waals surface area contributed by atoms with Gasteiger partial charge in [0.15, 0.2) is 5.52 Å². The average molecular weight is 572 g/mol. The minimum absolute atomic E-state index is 0.0166. The Morgan fingerprint density at radius 3 is 2.33 bits per heavy atom. The van der Waals surface area contributed by atoms with Crippen LogP contribution in [-0.2, 0) is 23.1 Å². The molecule has 0 aliphatic heterocycles. The van der Waals surface area contributed by atoms with Crippen molar-refractivity contribution in [2.24, 2.45) is 0 Å². The van der Waals surface area contributed by atoms with E-state index in [2.05, 4.69) is 27.2 Å². The first-order valence-electron chi connectivity index (χ1n) is 13.6. The van der Waals surface area contributed by atoms with Gasteiger partial charge in [-0.25, -0.2) is 9.19 Å². The number of fused-ring (bicyclic) bond motifs is 1. The van der Waals surface area contributed by atoms with Gasteiger partial charge in [0.25, 0.3) is 0 Å². The lowest BCUT2D eigenvalue weighted by Crippen LogP contribution is -2.11. The molecule has 2 rings (SSSR count). The van der Waals surface area contributed by atoms with Crippen molar-refractivity contribution in [1.82, 2.24) is 10.3 Å². The Labute approximate surface area is 228 Å². The zero-order valence-electron chi connectivity index (χ0n) is 22.5. The first-order chi connectivity index (χ1) is 18.8. The van der Waals surface area contributed by atoms with Crippen LogP contribution in [0.5, 0.6) is 0 Å². The highest BCUT2D eigenvalue weighted by atomic mass is 31.2. The van der Waals surface area contributed by atoms with Crippen molar-refractivity contribution in [1.29, 1.82) is 0 Å². The molecule has 14 heteroatoms. The van der Waals surface area contributed by atoms with Crippen LogP contribution in [0.3, 0.4) is 0 Å². The number of non-ortho nitro benzene ring substituents is 1. The summed E-state index contributed by atoms with van der Waals surface area (Å²) in [4.78, 5) is 32.0. The zero-order chi connectivity index (χ0) is 28.3. The number of nitrogens with zero attached hydrogens (tertiary/aromatic N) is 3. The predicted molar refractivity (Wildman–Crippen MR) is 145 cm³/mol. The summed E-state index contributed by atoms with van der Waals surface area (Å²) < 4.78 is 31.4. The highest BCUT2D eigenvalue weighted by Gasteiger charge is 2.22. The second-order valence-corrected chi connectivity index (χ2v) is 10.6. The molecule has 0 fully saturated rings. The van der Waals surface area contributed by atoms with Crippen LogP contribution >= 0.6 is 7.82 Å². The van der Waals surface area contributed by atoms with Gasteiger partial charge in [-0.15, -0.1) is 0 Å². The minimum Gasteiger partial charge on any atom is -0.465 e. The fourth-order valence-corrected chi connectivity index (χ4v) is 4.57. The smallest absolute Gasteiger partial charge is 0.465 e. The van der Waals surface area contributed by atoms with Crippen molar-refractivity contribution in [2.75, 3.05) is 31.7 Å². The van der Waals surface area contributed by atoms with E-state index in [4.69, 9.17) is 13.8 Å². The molecule has 0 amide bonds. The molecule has 0 aliphatic rings. The number of nitro benzene ring substituents is 1. The Hall–Kier alpha value is -2.60. The predicted octanol–water partition coefficient (Wildman–Crippen LogP) is 6.13. The lowest BCUT2D eigenvalue weighted by atomic mass is 10.1. The first kappa shape index (κ1) is 32.6. The van der Waals surface area contributed by atoms with E-state index >= 15 is 0 Å². The molecule has 1 unspecified atom stereocenters. The van der Waals surface area contributed by atoms with Crippen LogP contribution in [0.4, 0.5) is 11.4 Å². The van der Waals surface area contributed by atoms with Gasteiger partial charge in [0.1, 0.15) is 0 Å². The quantitative estimate of drug-likeness (QED) is 0.0514. The molecule has 2 N–H and O–H groups in total. The number of benzene rings is 1. The zero-order valence-corrected chi connectivity index (χ0v) is 23.4. The maximum absolute atomic E-state index is 12.0. The molecule has 1 radical (unpaired) electrons. The van der Waals surface area contributed by atoms with Crippen LogP contribution in [0.25, 0.3) is 11.0 Å². The molecule has 0 bridgehead atoms. The molecule has 1 heterocycles. The van der Waals surface area contributed by atoms with E-state index in [0.717, 1.165) is 19.3 Å². The van der Waals surface area contributed by atoms with Gasteiger partial charge in [-0.2, -0.15) is 0 Å². The first-order valence-corrected chi connectivity index (χ1v) is 15.1. The number of aromatic nitrogens is 2. The molecule has 1 aromatic carbocycles. The van der Waals surface area contributed by atoms with Gasteiger partial charge in [-0.1, -0.05) is 71.1 Å². The molecule has 1 aromatic heterocycles.